The number of morpholine rings is 1. The molecule has 1 saturated heterocycles. The van der Waals surface area contributed by atoms with Gasteiger partial charge in [-0.3, -0.25) is 9.78 Å². The minimum Gasteiger partial charge on any atom is -0.381 e. The average Bonchev–Trinajstić information content (AvgIpc) is 3.41. The molecule has 2 aliphatic carbocycles. The molecule has 1 aromatic carbocycles. The van der Waals surface area contributed by atoms with E-state index in [1.165, 1.54) is 24.1 Å². The van der Waals surface area contributed by atoms with Crippen LogP contribution in [0.2, 0.25) is 0 Å². The Labute approximate surface area is 159 Å². The van der Waals surface area contributed by atoms with Gasteiger partial charge in [-0.2, -0.15) is 0 Å². The van der Waals surface area contributed by atoms with Crippen LogP contribution in [0.15, 0.2) is 36.5 Å². The van der Waals surface area contributed by atoms with Crippen molar-refractivity contribution in [3.05, 3.63) is 53.4 Å². The molecular formula is C22H23N3O2. The summed E-state index contributed by atoms with van der Waals surface area (Å²) in [6.45, 7) is 2.57. The predicted octanol–water partition coefficient (Wildman–Crippen LogP) is 3.36. The molecule has 27 heavy (non-hydrogen) atoms. The zero-order valence-electron chi connectivity index (χ0n) is 15.3. The molecule has 5 rings (SSSR count). The molecule has 0 radical (unpaired) electrons. The molecule has 2 heterocycles. The van der Waals surface area contributed by atoms with E-state index in [0.717, 1.165) is 28.8 Å². The number of allylic oxidation sites excluding steroid dienone is 1. The van der Waals surface area contributed by atoms with Crippen LogP contribution in [-0.2, 0) is 11.2 Å². The van der Waals surface area contributed by atoms with Gasteiger partial charge in [0.05, 0.1) is 24.6 Å². The van der Waals surface area contributed by atoms with Crippen molar-refractivity contribution in [2.45, 2.75) is 25.3 Å². The van der Waals surface area contributed by atoms with Crippen LogP contribution >= 0.6 is 0 Å². The lowest BCUT2D eigenvalue weighted by Gasteiger charge is -2.27. The molecule has 0 spiro atoms. The van der Waals surface area contributed by atoms with Crippen LogP contribution in [0, 0.1) is 0 Å². The van der Waals surface area contributed by atoms with Gasteiger partial charge in [0, 0.05) is 48.4 Å². The second kappa shape index (κ2) is 6.82. The lowest BCUT2D eigenvalue weighted by Crippen LogP contribution is -2.40. The van der Waals surface area contributed by atoms with Crippen molar-refractivity contribution in [3.8, 4) is 11.1 Å². The maximum Gasteiger partial charge on any atom is 0.254 e. The Morgan fingerprint density at radius 2 is 1.93 bits per heavy atom. The van der Waals surface area contributed by atoms with Gasteiger partial charge in [0.25, 0.3) is 5.91 Å². The van der Waals surface area contributed by atoms with Crippen molar-refractivity contribution >= 4 is 17.7 Å². The highest BCUT2D eigenvalue weighted by atomic mass is 16.5. The molecule has 1 saturated carbocycles. The van der Waals surface area contributed by atoms with Gasteiger partial charge in [0.1, 0.15) is 0 Å². The summed E-state index contributed by atoms with van der Waals surface area (Å²) in [6, 6.07) is 8.50. The monoisotopic (exact) mass is 361 g/mol. The Morgan fingerprint density at radius 3 is 2.67 bits per heavy atom. The third-order valence-corrected chi connectivity index (χ3v) is 5.46. The number of anilines is 1. The number of ether oxygens (including phenoxy) is 1. The van der Waals surface area contributed by atoms with E-state index in [1.807, 2.05) is 35.4 Å². The molecule has 1 aromatic heterocycles. The van der Waals surface area contributed by atoms with Crippen LogP contribution in [-0.4, -0.2) is 48.1 Å². The van der Waals surface area contributed by atoms with Gasteiger partial charge in [-0.25, -0.2) is 0 Å². The third kappa shape index (κ3) is 3.23. The zero-order valence-corrected chi connectivity index (χ0v) is 15.3. The highest BCUT2D eigenvalue weighted by Crippen LogP contribution is 2.38. The minimum absolute atomic E-state index is 0.0798. The first-order valence-corrected chi connectivity index (χ1v) is 9.72. The fraction of sp³-hybridized carbons (Fsp3) is 0.364. The largest absolute Gasteiger partial charge is 0.381 e. The lowest BCUT2D eigenvalue weighted by atomic mass is 10.00. The number of rotatable bonds is 4. The van der Waals surface area contributed by atoms with Gasteiger partial charge < -0.3 is 15.0 Å². The first-order valence-electron chi connectivity index (χ1n) is 9.72. The van der Waals surface area contributed by atoms with Crippen LogP contribution in [0.5, 0.6) is 0 Å². The van der Waals surface area contributed by atoms with E-state index in [-0.39, 0.29) is 5.91 Å². The summed E-state index contributed by atoms with van der Waals surface area (Å²) in [5.41, 5.74) is 6.47. The summed E-state index contributed by atoms with van der Waals surface area (Å²) >= 11 is 0. The van der Waals surface area contributed by atoms with Crippen LogP contribution in [0.25, 0.3) is 17.2 Å². The topological polar surface area (TPSA) is 54.5 Å². The molecule has 1 amide bonds. The van der Waals surface area contributed by atoms with Crippen molar-refractivity contribution in [2.75, 3.05) is 31.6 Å². The molecule has 0 unspecified atom stereocenters. The molecule has 5 heteroatoms. The Kier molecular flexibility index (Phi) is 4.17. The Hall–Kier alpha value is -2.66. The van der Waals surface area contributed by atoms with Crippen molar-refractivity contribution in [1.29, 1.82) is 0 Å². The number of aromatic nitrogens is 1. The van der Waals surface area contributed by atoms with Crippen molar-refractivity contribution in [3.63, 3.8) is 0 Å². The molecule has 5 nitrogen and oxygen atoms in total. The summed E-state index contributed by atoms with van der Waals surface area (Å²) in [6.07, 6.45) is 9.67. The summed E-state index contributed by atoms with van der Waals surface area (Å²) in [4.78, 5) is 19.2. The highest BCUT2D eigenvalue weighted by molar-refractivity contribution is 5.95. The Balaban J connectivity index is 1.45. The van der Waals surface area contributed by atoms with Crippen LogP contribution in [0.3, 0.4) is 0 Å². The molecule has 3 aliphatic rings. The molecular weight excluding hydrogens is 338 g/mol. The number of benzene rings is 1. The van der Waals surface area contributed by atoms with E-state index in [2.05, 4.69) is 22.5 Å². The van der Waals surface area contributed by atoms with Gasteiger partial charge in [0.2, 0.25) is 0 Å². The Morgan fingerprint density at radius 1 is 1.15 bits per heavy atom. The first kappa shape index (κ1) is 16.5. The van der Waals surface area contributed by atoms with E-state index < -0.39 is 0 Å². The molecule has 2 fully saturated rings. The maximum atomic E-state index is 12.7. The van der Waals surface area contributed by atoms with Crippen molar-refractivity contribution < 1.29 is 9.53 Å². The summed E-state index contributed by atoms with van der Waals surface area (Å²) in [5.74, 6) is 0.0798. The second-order valence-corrected chi connectivity index (χ2v) is 7.41. The van der Waals surface area contributed by atoms with Gasteiger partial charge in [-0.1, -0.05) is 24.3 Å². The van der Waals surface area contributed by atoms with E-state index >= 15 is 0 Å². The fourth-order valence-electron chi connectivity index (χ4n) is 3.74. The van der Waals surface area contributed by atoms with Gasteiger partial charge in [-0.05, 0) is 30.5 Å². The van der Waals surface area contributed by atoms with Crippen molar-refractivity contribution in [1.82, 2.24) is 9.88 Å². The minimum atomic E-state index is 0.0798. The van der Waals surface area contributed by atoms with Crippen molar-refractivity contribution in [2.24, 2.45) is 0 Å². The lowest BCUT2D eigenvalue weighted by molar-refractivity contribution is 0.0303. The van der Waals surface area contributed by atoms with E-state index in [4.69, 9.17) is 4.74 Å². The fourth-order valence-corrected chi connectivity index (χ4v) is 3.74. The summed E-state index contributed by atoms with van der Waals surface area (Å²) < 4.78 is 5.34. The number of hydrogen-bond acceptors (Lipinski definition) is 4. The number of nitrogens with zero attached hydrogens (tertiary/aromatic N) is 2. The molecule has 0 bridgehead atoms. The third-order valence-electron chi connectivity index (χ3n) is 5.46. The second-order valence-electron chi connectivity index (χ2n) is 7.41. The van der Waals surface area contributed by atoms with E-state index in [0.29, 0.717) is 32.3 Å². The number of amides is 1. The zero-order chi connectivity index (χ0) is 18.2. The summed E-state index contributed by atoms with van der Waals surface area (Å²) in [5, 5.41) is 3.69. The van der Waals surface area contributed by atoms with Gasteiger partial charge >= 0.3 is 0 Å². The molecule has 138 valence electrons. The normalized spacial score (nSPS) is 18.4. The van der Waals surface area contributed by atoms with E-state index in [9.17, 15) is 4.79 Å². The number of carbonyl (C=O) groups excluding carboxylic acids is 1. The number of hydrogen-bond donors (Lipinski definition) is 1. The van der Waals surface area contributed by atoms with Gasteiger partial charge in [-0.15, -0.1) is 0 Å². The van der Waals surface area contributed by atoms with E-state index in [1.54, 1.807) is 0 Å². The molecule has 0 atom stereocenters. The van der Waals surface area contributed by atoms with Crippen LogP contribution in [0.4, 0.5) is 5.69 Å². The maximum absolute atomic E-state index is 12.7. The highest BCUT2D eigenvalue weighted by Gasteiger charge is 2.25. The number of nitrogens with one attached hydrogen (secondary N) is 1. The number of pyridine rings is 1. The van der Waals surface area contributed by atoms with Gasteiger partial charge in [0.15, 0.2) is 0 Å². The Bertz CT molecular complexity index is 895. The van der Waals surface area contributed by atoms with Crippen LogP contribution in [0.1, 0.15) is 34.5 Å². The first-order chi connectivity index (χ1) is 13.3. The standard InChI is InChI=1S/C22H23N3O2/c26-22(25-10-12-27-13-11-25)16-6-4-15(5-7-16)19-14-23-20-3-1-2-18(20)21(19)24-17-8-9-17/h1-2,4-7,14,17H,3,8-13H2,(H,23,24). The van der Waals surface area contributed by atoms with Crippen LogP contribution < -0.4 is 5.32 Å². The SMILES string of the molecule is O=C(c1ccc(-c2cnc3c(c2NC2CC2)C=CC3)cc1)N1CCOCC1. The molecule has 1 aliphatic heterocycles. The molecule has 1 N–H and O–H groups in total. The quantitative estimate of drug-likeness (QED) is 0.907. The smallest absolute Gasteiger partial charge is 0.254 e. The summed E-state index contributed by atoms with van der Waals surface area (Å²) in [7, 11) is 0. The predicted molar refractivity (Wildman–Crippen MR) is 106 cm³/mol. The average molecular weight is 361 g/mol. The number of carbonyl (C=O) groups is 1. The molecule has 2 aromatic rings. The number of fused-ring (bicyclic) bond motifs is 1.